The molecule has 1 rings (SSSR count). The second-order valence-corrected chi connectivity index (χ2v) is 5.09. The Labute approximate surface area is 122 Å². The number of nitrogens with one attached hydrogen (secondary N) is 1. The maximum absolute atomic E-state index is 11.1. The molecule has 6 nitrogen and oxygen atoms in total. The van der Waals surface area contributed by atoms with Crippen molar-refractivity contribution < 1.29 is 14.5 Å². The number of rotatable bonds is 8. The minimum absolute atomic E-state index is 0.0645. The molecule has 0 fully saturated rings. The fourth-order valence-corrected chi connectivity index (χ4v) is 2.34. The molecular formula is C13H18N2O4S. The van der Waals surface area contributed by atoms with Crippen LogP contribution in [0.25, 0.3) is 0 Å². The van der Waals surface area contributed by atoms with Crippen LogP contribution in [0.5, 0.6) is 0 Å². The van der Waals surface area contributed by atoms with Crippen molar-refractivity contribution in [1.82, 2.24) is 0 Å². The summed E-state index contributed by atoms with van der Waals surface area (Å²) in [6.45, 7) is 2.69. The van der Waals surface area contributed by atoms with Gasteiger partial charge in [0.2, 0.25) is 0 Å². The van der Waals surface area contributed by atoms with Gasteiger partial charge in [-0.2, -0.15) is 0 Å². The summed E-state index contributed by atoms with van der Waals surface area (Å²) in [5, 5.41) is 14.1. The Hall–Kier alpha value is -1.76. The van der Waals surface area contributed by atoms with E-state index < -0.39 is 4.92 Å². The van der Waals surface area contributed by atoms with E-state index in [4.69, 9.17) is 0 Å². The second kappa shape index (κ2) is 8.42. The van der Waals surface area contributed by atoms with Gasteiger partial charge in [0.15, 0.2) is 0 Å². The summed E-state index contributed by atoms with van der Waals surface area (Å²) in [4.78, 5) is 21.6. The number of thioether (sulfide) groups is 1. The van der Waals surface area contributed by atoms with Gasteiger partial charge in [-0.15, -0.1) is 11.8 Å². The molecule has 1 N–H and O–H groups in total. The molecule has 0 aliphatic carbocycles. The molecule has 110 valence electrons. The predicted octanol–water partition coefficient (Wildman–Crippen LogP) is 2.82. The van der Waals surface area contributed by atoms with Crippen molar-refractivity contribution in [1.29, 1.82) is 0 Å². The molecule has 0 saturated carbocycles. The molecule has 0 radical (unpaired) electrons. The van der Waals surface area contributed by atoms with Crippen LogP contribution in [0.4, 0.5) is 11.4 Å². The molecule has 1 aromatic rings. The van der Waals surface area contributed by atoms with Crippen molar-refractivity contribution >= 4 is 29.1 Å². The van der Waals surface area contributed by atoms with Crippen LogP contribution < -0.4 is 5.32 Å². The van der Waals surface area contributed by atoms with Crippen LogP contribution in [-0.2, 0) is 15.3 Å². The molecule has 0 heterocycles. The number of hydrogen-bond donors (Lipinski definition) is 1. The maximum Gasteiger partial charge on any atom is 0.315 e. The highest BCUT2D eigenvalue weighted by Gasteiger charge is 2.14. The van der Waals surface area contributed by atoms with Crippen molar-refractivity contribution in [3.8, 4) is 0 Å². The summed E-state index contributed by atoms with van der Waals surface area (Å²) in [6, 6.07) is 5.08. The van der Waals surface area contributed by atoms with Gasteiger partial charge in [0, 0.05) is 18.4 Å². The standard InChI is InChI=1S/C13H18N2O4S/c1-3-6-14-11-5-4-10(7-12(11)15(17)18)8-20-9-13(16)19-2/h4-5,7,14H,3,6,8-9H2,1-2H3. The summed E-state index contributed by atoms with van der Waals surface area (Å²) in [5.74, 6) is 0.468. The lowest BCUT2D eigenvalue weighted by Crippen LogP contribution is -2.04. The van der Waals surface area contributed by atoms with Gasteiger partial charge in [-0.1, -0.05) is 13.0 Å². The van der Waals surface area contributed by atoms with Crippen molar-refractivity contribution in [2.45, 2.75) is 19.1 Å². The molecule has 0 bridgehead atoms. The zero-order valence-corrected chi connectivity index (χ0v) is 12.4. The average molecular weight is 298 g/mol. The summed E-state index contributed by atoms with van der Waals surface area (Å²) in [6.07, 6.45) is 0.897. The van der Waals surface area contributed by atoms with E-state index in [1.54, 1.807) is 12.1 Å². The molecule has 7 heteroatoms. The normalized spacial score (nSPS) is 10.1. The number of carbonyl (C=O) groups is 1. The van der Waals surface area contributed by atoms with E-state index in [1.807, 2.05) is 13.0 Å². The van der Waals surface area contributed by atoms with Crippen molar-refractivity contribution in [2.24, 2.45) is 0 Å². The van der Waals surface area contributed by atoms with Gasteiger partial charge in [-0.25, -0.2) is 0 Å². The summed E-state index contributed by atoms with van der Waals surface area (Å²) in [7, 11) is 1.34. The number of nitro groups is 1. The molecule has 0 saturated heterocycles. The van der Waals surface area contributed by atoms with Crippen molar-refractivity contribution in [2.75, 3.05) is 24.7 Å². The van der Waals surface area contributed by atoms with Crippen LogP contribution in [0, 0.1) is 10.1 Å². The molecular weight excluding hydrogens is 280 g/mol. The minimum atomic E-state index is -0.396. The largest absolute Gasteiger partial charge is 0.468 e. The van der Waals surface area contributed by atoms with Gasteiger partial charge in [0.05, 0.1) is 17.8 Å². The number of esters is 1. The Kier molecular flexibility index (Phi) is 6.86. The van der Waals surface area contributed by atoms with Crippen LogP contribution in [0.2, 0.25) is 0 Å². The van der Waals surface area contributed by atoms with E-state index in [2.05, 4.69) is 10.1 Å². The highest BCUT2D eigenvalue weighted by atomic mass is 32.2. The number of ether oxygens (including phenoxy) is 1. The van der Waals surface area contributed by atoms with Gasteiger partial charge in [0.1, 0.15) is 5.69 Å². The first-order valence-corrected chi connectivity index (χ1v) is 7.39. The van der Waals surface area contributed by atoms with Crippen molar-refractivity contribution in [3.63, 3.8) is 0 Å². The van der Waals surface area contributed by atoms with E-state index in [9.17, 15) is 14.9 Å². The van der Waals surface area contributed by atoms with Gasteiger partial charge in [-0.05, 0) is 18.1 Å². The number of methoxy groups -OCH3 is 1. The zero-order valence-electron chi connectivity index (χ0n) is 11.5. The van der Waals surface area contributed by atoms with Crippen LogP contribution in [-0.4, -0.2) is 30.3 Å². The molecule has 0 spiro atoms. The Morgan fingerprint density at radius 1 is 1.50 bits per heavy atom. The Morgan fingerprint density at radius 3 is 2.85 bits per heavy atom. The SMILES string of the molecule is CCCNc1ccc(CSCC(=O)OC)cc1[N+](=O)[O-]. The van der Waals surface area contributed by atoms with Crippen molar-refractivity contribution in [3.05, 3.63) is 33.9 Å². The quantitative estimate of drug-likeness (QED) is 0.451. The van der Waals surface area contributed by atoms with Crippen LogP contribution in [0.1, 0.15) is 18.9 Å². The number of hydrogen-bond acceptors (Lipinski definition) is 6. The van der Waals surface area contributed by atoms with Crippen LogP contribution in [0.3, 0.4) is 0 Å². The average Bonchev–Trinajstić information content (AvgIpc) is 2.45. The van der Waals surface area contributed by atoms with Crippen LogP contribution in [0.15, 0.2) is 18.2 Å². The van der Waals surface area contributed by atoms with Crippen LogP contribution >= 0.6 is 11.8 Å². The third kappa shape index (κ3) is 5.08. The molecule has 0 unspecified atom stereocenters. The molecule has 1 aromatic carbocycles. The van der Waals surface area contributed by atoms with Gasteiger partial charge >= 0.3 is 5.97 Å². The monoisotopic (exact) mass is 298 g/mol. The molecule has 0 aromatic heterocycles. The van der Waals surface area contributed by atoms with E-state index in [1.165, 1.54) is 18.9 Å². The topological polar surface area (TPSA) is 81.5 Å². The Bertz CT molecular complexity index is 479. The lowest BCUT2D eigenvalue weighted by atomic mass is 10.2. The molecule has 20 heavy (non-hydrogen) atoms. The smallest absolute Gasteiger partial charge is 0.315 e. The third-order valence-electron chi connectivity index (χ3n) is 2.54. The first kappa shape index (κ1) is 16.3. The van der Waals surface area contributed by atoms with E-state index >= 15 is 0 Å². The van der Waals surface area contributed by atoms with Gasteiger partial charge in [-0.3, -0.25) is 14.9 Å². The molecule has 0 atom stereocenters. The summed E-state index contributed by atoms with van der Waals surface area (Å²) >= 11 is 1.37. The Morgan fingerprint density at radius 2 is 2.25 bits per heavy atom. The summed E-state index contributed by atoms with van der Waals surface area (Å²) < 4.78 is 4.54. The number of benzene rings is 1. The second-order valence-electron chi connectivity index (χ2n) is 4.10. The first-order chi connectivity index (χ1) is 9.58. The zero-order chi connectivity index (χ0) is 15.0. The summed E-state index contributed by atoms with van der Waals surface area (Å²) in [5.41, 5.74) is 1.40. The number of nitrogens with zero attached hydrogens (tertiary/aromatic N) is 1. The first-order valence-electron chi connectivity index (χ1n) is 6.24. The highest BCUT2D eigenvalue weighted by molar-refractivity contribution is 7.99. The minimum Gasteiger partial charge on any atom is -0.468 e. The van der Waals surface area contributed by atoms with Gasteiger partial charge < -0.3 is 10.1 Å². The highest BCUT2D eigenvalue weighted by Crippen LogP contribution is 2.27. The Balaban J connectivity index is 2.72. The van der Waals surface area contributed by atoms with E-state index in [0.717, 1.165) is 12.0 Å². The van der Waals surface area contributed by atoms with E-state index in [-0.39, 0.29) is 17.4 Å². The third-order valence-corrected chi connectivity index (χ3v) is 3.52. The fraction of sp³-hybridized carbons (Fsp3) is 0.462. The van der Waals surface area contributed by atoms with E-state index in [0.29, 0.717) is 18.0 Å². The number of anilines is 1. The van der Waals surface area contributed by atoms with Gasteiger partial charge in [0.25, 0.3) is 5.69 Å². The number of carbonyl (C=O) groups excluding carboxylic acids is 1. The maximum atomic E-state index is 11.1. The molecule has 0 aliphatic rings. The lowest BCUT2D eigenvalue weighted by Gasteiger charge is -2.07. The number of nitro benzene ring substituents is 1. The lowest BCUT2D eigenvalue weighted by molar-refractivity contribution is -0.384. The molecule has 0 amide bonds. The molecule has 0 aliphatic heterocycles. The fourth-order valence-electron chi connectivity index (χ4n) is 1.54. The predicted molar refractivity (Wildman–Crippen MR) is 80.1 cm³/mol.